The molecule has 0 bridgehead atoms. The fourth-order valence-corrected chi connectivity index (χ4v) is 0.998. The Labute approximate surface area is 95.7 Å². The second kappa shape index (κ2) is 8.73. The molecular weight excluding hydrogens is 206 g/mol. The number of ether oxygens (including phenoxy) is 1. The molecule has 0 saturated heterocycles. The molecule has 0 aromatic carbocycles. The monoisotopic (exact) mass is 223 g/mol. The van der Waals surface area contributed by atoms with Crippen LogP contribution in [0.2, 0.25) is 0 Å². The first-order valence-electron chi connectivity index (χ1n) is 5.00. The summed E-state index contributed by atoms with van der Waals surface area (Å²) in [7, 11) is 1.60. The van der Waals surface area contributed by atoms with Gasteiger partial charge >= 0.3 is 0 Å². The molecule has 4 heteroatoms. The number of hydrogen-bond acceptors (Lipinski definition) is 4. The molecule has 0 radical (unpaired) electrons. The Morgan fingerprint density at radius 1 is 1.44 bits per heavy atom. The van der Waals surface area contributed by atoms with Crippen LogP contribution in [0.15, 0.2) is 41.3 Å². The smallest absolute Gasteiger partial charge is 0.159 e. The molecular formula is C12H17NO3. The van der Waals surface area contributed by atoms with Crippen molar-refractivity contribution in [2.45, 2.75) is 19.8 Å². The van der Waals surface area contributed by atoms with Crippen molar-refractivity contribution in [1.29, 1.82) is 0 Å². The average molecular weight is 223 g/mol. The standard InChI is InChI=1S/C12H17NO3/c1-4-11(13-15)5-6-12(14)9-10(2)7-8-16-3/h4-6H,2,7-9H2,1,3H3/b6-5-,11-4+. The van der Waals surface area contributed by atoms with E-state index in [4.69, 9.17) is 4.74 Å². The van der Waals surface area contributed by atoms with Gasteiger partial charge < -0.3 is 4.74 Å². The molecule has 0 atom stereocenters. The van der Waals surface area contributed by atoms with Gasteiger partial charge in [-0.2, -0.15) is 0 Å². The normalized spacial score (nSPS) is 11.8. The number of ketones is 1. The van der Waals surface area contributed by atoms with Gasteiger partial charge in [-0.15, -0.1) is 4.91 Å². The molecule has 0 N–H and O–H groups in total. The third-order valence-corrected chi connectivity index (χ3v) is 1.93. The second-order valence-corrected chi connectivity index (χ2v) is 3.27. The molecule has 0 aliphatic heterocycles. The first-order chi connectivity index (χ1) is 7.63. The van der Waals surface area contributed by atoms with Gasteiger partial charge in [0.2, 0.25) is 0 Å². The van der Waals surface area contributed by atoms with Gasteiger partial charge in [-0.3, -0.25) is 4.79 Å². The molecule has 16 heavy (non-hydrogen) atoms. The van der Waals surface area contributed by atoms with Gasteiger partial charge in [0.25, 0.3) is 0 Å². The summed E-state index contributed by atoms with van der Waals surface area (Å²) >= 11 is 0. The lowest BCUT2D eigenvalue weighted by atomic mass is 10.1. The molecule has 0 saturated carbocycles. The SMILES string of the molecule is C=C(CCOC)CC(=O)/C=C\C(=C/C)N=O. The van der Waals surface area contributed by atoms with E-state index in [1.165, 1.54) is 18.2 Å². The molecule has 0 aromatic heterocycles. The number of hydrogen-bond donors (Lipinski definition) is 0. The van der Waals surface area contributed by atoms with Crippen LogP contribution in [-0.2, 0) is 9.53 Å². The van der Waals surface area contributed by atoms with E-state index in [1.807, 2.05) is 0 Å². The van der Waals surface area contributed by atoms with E-state index in [2.05, 4.69) is 11.8 Å². The quantitative estimate of drug-likeness (QED) is 0.275. The maximum atomic E-state index is 11.4. The summed E-state index contributed by atoms with van der Waals surface area (Å²) in [6.45, 7) is 6.01. The third-order valence-electron chi connectivity index (χ3n) is 1.93. The fourth-order valence-electron chi connectivity index (χ4n) is 0.998. The summed E-state index contributed by atoms with van der Waals surface area (Å²) in [5.74, 6) is -0.0934. The number of nitrogens with zero attached hydrogens (tertiary/aromatic N) is 1. The summed E-state index contributed by atoms with van der Waals surface area (Å²) in [5, 5.41) is 2.74. The maximum Gasteiger partial charge on any atom is 0.159 e. The number of methoxy groups -OCH3 is 1. The largest absolute Gasteiger partial charge is 0.384 e. The van der Waals surface area contributed by atoms with Gasteiger partial charge in [0.1, 0.15) is 5.70 Å². The van der Waals surface area contributed by atoms with Crippen LogP contribution in [0.25, 0.3) is 0 Å². The number of nitroso groups, excluding NO2 is 1. The van der Waals surface area contributed by atoms with Crippen molar-refractivity contribution >= 4 is 5.78 Å². The van der Waals surface area contributed by atoms with E-state index < -0.39 is 0 Å². The van der Waals surface area contributed by atoms with E-state index in [1.54, 1.807) is 14.0 Å². The minimum Gasteiger partial charge on any atom is -0.384 e. The zero-order chi connectivity index (χ0) is 12.4. The number of carbonyl (C=O) groups excluding carboxylic acids is 1. The van der Waals surface area contributed by atoms with E-state index in [-0.39, 0.29) is 17.9 Å². The highest BCUT2D eigenvalue weighted by Gasteiger charge is 2.01. The van der Waals surface area contributed by atoms with Crippen molar-refractivity contribution in [3.8, 4) is 0 Å². The lowest BCUT2D eigenvalue weighted by Crippen LogP contribution is -1.98. The van der Waals surface area contributed by atoms with Gasteiger partial charge in [-0.05, 0) is 30.7 Å². The van der Waals surface area contributed by atoms with Crippen molar-refractivity contribution < 1.29 is 9.53 Å². The topological polar surface area (TPSA) is 55.7 Å². The summed E-state index contributed by atoms with van der Waals surface area (Å²) in [6, 6.07) is 0. The minimum atomic E-state index is -0.0934. The van der Waals surface area contributed by atoms with Crippen LogP contribution >= 0.6 is 0 Å². The molecule has 0 spiro atoms. The van der Waals surface area contributed by atoms with E-state index >= 15 is 0 Å². The Morgan fingerprint density at radius 3 is 2.62 bits per heavy atom. The van der Waals surface area contributed by atoms with Crippen LogP contribution in [0.4, 0.5) is 0 Å². The van der Waals surface area contributed by atoms with Gasteiger partial charge in [0, 0.05) is 20.1 Å². The highest BCUT2D eigenvalue weighted by Crippen LogP contribution is 2.06. The van der Waals surface area contributed by atoms with Crippen molar-refractivity contribution in [2.75, 3.05) is 13.7 Å². The van der Waals surface area contributed by atoms with Gasteiger partial charge in [0.15, 0.2) is 5.78 Å². The molecule has 0 heterocycles. The Hall–Kier alpha value is -1.55. The van der Waals surface area contributed by atoms with Gasteiger partial charge in [-0.25, -0.2) is 0 Å². The van der Waals surface area contributed by atoms with E-state index in [0.717, 1.165) is 5.57 Å². The Morgan fingerprint density at radius 2 is 2.12 bits per heavy atom. The van der Waals surface area contributed by atoms with E-state index in [0.29, 0.717) is 13.0 Å². The van der Waals surface area contributed by atoms with Crippen LogP contribution < -0.4 is 0 Å². The Balaban J connectivity index is 4.08. The number of allylic oxidation sites excluding steroid dienone is 3. The summed E-state index contributed by atoms with van der Waals surface area (Å²) < 4.78 is 4.87. The molecule has 0 aromatic rings. The van der Waals surface area contributed by atoms with Crippen LogP contribution in [0.1, 0.15) is 19.8 Å². The molecule has 0 aliphatic rings. The number of carbonyl (C=O) groups is 1. The van der Waals surface area contributed by atoms with Gasteiger partial charge in [-0.1, -0.05) is 18.2 Å². The van der Waals surface area contributed by atoms with Crippen LogP contribution in [0.5, 0.6) is 0 Å². The zero-order valence-corrected chi connectivity index (χ0v) is 9.73. The van der Waals surface area contributed by atoms with Crippen LogP contribution in [0, 0.1) is 4.91 Å². The molecule has 88 valence electrons. The fraction of sp³-hybridized carbons (Fsp3) is 0.417. The summed E-state index contributed by atoms with van der Waals surface area (Å²) in [4.78, 5) is 21.6. The minimum absolute atomic E-state index is 0.0934. The summed E-state index contributed by atoms with van der Waals surface area (Å²) in [6.07, 6.45) is 5.22. The number of rotatable bonds is 8. The molecule has 0 amide bonds. The molecule has 4 nitrogen and oxygen atoms in total. The first-order valence-corrected chi connectivity index (χ1v) is 5.00. The highest BCUT2D eigenvalue weighted by molar-refractivity contribution is 5.91. The first kappa shape index (κ1) is 14.5. The summed E-state index contributed by atoms with van der Waals surface area (Å²) in [5.41, 5.74) is 1.06. The maximum absolute atomic E-state index is 11.4. The second-order valence-electron chi connectivity index (χ2n) is 3.27. The van der Waals surface area contributed by atoms with Crippen molar-refractivity contribution in [3.63, 3.8) is 0 Å². The van der Waals surface area contributed by atoms with Crippen molar-refractivity contribution in [3.05, 3.63) is 41.0 Å². The van der Waals surface area contributed by atoms with Gasteiger partial charge in [0.05, 0.1) is 0 Å². The lowest BCUT2D eigenvalue weighted by Gasteiger charge is -2.01. The lowest BCUT2D eigenvalue weighted by molar-refractivity contribution is -0.114. The third kappa shape index (κ3) is 6.84. The zero-order valence-electron chi connectivity index (χ0n) is 9.73. The average Bonchev–Trinajstić information content (AvgIpc) is 2.27. The highest BCUT2D eigenvalue weighted by atomic mass is 16.5. The van der Waals surface area contributed by atoms with Crippen molar-refractivity contribution in [1.82, 2.24) is 0 Å². The van der Waals surface area contributed by atoms with E-state index in [9.17, 15) is 9.70 Å². The Kier molecular flexibility index (Phi) is 7.89. The predicted molar refractivity (Wildman–Crippen MR) is 63.9 cm³/mol. The molecule has 0 fully saturated rings. The molecule has 0 unspecified atom stereocenters. The molecule has 0 aliphatic carbocycles. The van der Waals surface area contributed by atoms with Crippen LogP contribution in [-0.4, -0.2) is 19.5 Å². The van der Waals surface area contributed by atoms with Crippen molar-refractivity contribution in [2.24, 2.45) is 5.18 Å². The predicted octanol–water partition coefficient (Wildman–Crippen LogP) is 2.76. The molecule has 0 rings (SSSR count). The Bertz CT molecular complexity index is 316. The van der Waals surface area contributed by atoms with Crippen LogP contribution in [0.3, 0.4) is 0 Å².